The van der Waals surface area contributed by atoms with E-state index in [-0.39, 0.29) is 5.97 Å². The minimum absolute atomic E-state index is 0.0872. The molecule has 0 heterocycles. The number of nitrogens with zero attached hydrogens (tertiary/aromatic N) is 2. The first-order valence-corrected chi connectivity index (χ1v) is 7.33. The molecule has 19 heavy (non-hydrogen) atoms. The first-order chi connectivity index (χ1) is 9.15. The molecule has 110 valence electrons. The van der Waals surface area contributed by atoms with Gasteiger partial charge in [-0.3, -0.25) is 9.79 Å². The number of nitrogens with two attached hydrogens (primary N) is 1. The smallest absolute Gasteiger partial charge is 0.305 e. The lowest BCUT2D eigenvalue weighted by Gasteiger charge is -2.16. The second-order valence-corrected chi connectivity index (χ2v) is 5.05. The number of rotatable bonds is 9. The monoisotopic (exact) mass is 269 g/mol. The third-order valence-corrected chi connectivity index (χ3v) is 3.32. The lowest BCUT2D eigenvalue weighted by molar-refractivity contribution is -0.143. The summed E-state index contributed by atoms with van der Waals surface area (Å²) in [7, 11) is 2.01. The Morgan fingerprint density at radius 1 is 1.32 bits per heavy atom. The molecule has 0 bridgehead atoms. The van der Waals surface area contributed by atoms with Crippen LogP contribution in [0.5, 0.6) is 0 Å². The fourth-order valence-electron chi connectivity index (χ4n) is 1.92. The summed E-state index contributed by atoms with van der Waals surface area (Å²) in [6.07, 6.45) is 7.07. The van der Waals surface area contributed by atoms with Crippen molar-refractivity contribution < 1.29 is 9.53 Å². The maximum absolute atomic E-state index is 11.1. The molecule has 5 nitrogen and oxygen atoms in total. The van der Waals surface area contributed by atoms with Crippen LogP contribution in [0.1, 0.15) is 51.9 Å². The van der Waals surface area contributed by atoms with E-state index in [4.69, 9.17) is 10.5 Å². The van der Waals surface area contributed by atoms with Gasteiger partial charge in [-0.1, -0.05) is 12.8 Å². The lowest BCUT2D eigenvalue weighted by Crippen LogP contribution is -2.35. The van der Waals surface area contributed by atoms with Crippen molar-refractivity contribution in [2.75, 3.05) is 20.2 Å². The number of hydrogen-bond acceptors (Lipinski definition) is 3. The molecule has 1 aliphatic carbocycles. The Morgan fingerprint density at radius 2 is 2.00 bits per heavy atom. The Morgan fingerprint density at radius 3 is 2.63 bits per heavy atom. The molecule has 1 saturated carbocycles. The molecule has 2 N–H and O–H groups in total. The van der Waals surface area contributed by atoms with E-state index < -0.39 is 0 Å². The largest absolute Gasteiger partial charge is 0.466 e. The molecule has 0 aromatic heterocycles. The molecule has 0 spiro atoms. The van der Waals surface area contributed by atoms with E-state index in [2.05, 4.69) is 9.89 Å². The molecular formula is C14H27N3O2. The second-order valence-electron chi connectivity index (χ2n) is 5.05. The van der Waals surface area contributed by atoms with E-state index in [0.717, 1.165) is 32.2 Å². The highest BCUT2D eigenvalue weighted by atomic mass is 16.5. The second kappa shape index (κ2) is 8.77. The minimum Gasteiger partial charge on any atom is -0.466 e. The number of unbranched alkanes of at least 4 members (excludes halogenated alkanes) is 3. The first kappa shape index (κ1) is 15.8. The third-order valence-electron chi connectivity index (χ3n) is 3.32. The van der Waals surface area contributed by atoms with E-state index in [0.29, 0.717) is 25.0 Å². The van der Waals surface area contributed by atoms with Crippen LogP contribution in [0.4, 0.5) is 0 Å². The van der Waals surface area contributed by atoms with Gasteiger partial charge in [-0.05, 0) is 32.6 Å². The topological polar surface area (TPSA) is 67.9 Å². The van der Waals surface area contributed by atoms with Crippen LogP contribution in [0, 0.1) is 0 Å². The molecule has 5 heteroatoms. The SMILES string of the molecule is CCOC(=O)CCCCCCN=C(N)N(C)C1CC1. The summed E-state index contributed by atoms with van der Waals surface area (Å²) in [5.74, 6) is 0.574. The quantitative estimate of drug-likeness (QED) is 0.300. The van der Waals surface area contributed by atoms with E-state index in [1.807, 2.05) is 14.0 Å². The molecule has 0 saturated heterocycles. The van der Waals surface area contributed by atoms with Gasteiger partial charge in [-0.25, -0.2) is 0 Å². The number of aliphatic imine (C=N–C) groups is 1. The van der Waals surface area contributed by atoms with Gasteiger partial charge in [0.15, 0.2) is 5.96 Å². The molecule has 1 rings (SSSR count). The average molecular weight is 269 g/mol. The Bertz CT molecular complexity index is 301. The number of ether oxygens (including phenoxy) is 1. The number of esters is 1. The molecular weight excluding hydrogens is 242 g/mol. The predicted molar refractivity (Wildman–Crippen MR) is 77.0 cm³/mol. The summed E-state index contributed by atoms with van der Waals surface area (Å²) in [6, 6.07) is 0.619. The number of carbonyl (C=O) groups is 1. The standard InChI is InChI=1S/C14H27N3O2/c1-3-19-13(18)8-6-4-5-7-11-16-14(15)17(2)12-9-10-12/h12H,3-11H2,1-2H3,(H2,15,16). The lowest BCUT2D eigenvalue weighted by atomic mass is 10.1. The van der Waals surface area contributed by atoms with Crippen LogP contribution in [-0.2, 0) is 9.53 Å². The Balaban J connectivity index is 1.95. The van der Waals surface area contributed by atoms with Gasteiger partial charge in [0.25, 0.3) is 0 Å². The maximum Gasteiger partial charge on any atom is 0.305 e. The summed E-state index contributed by atoms with van der Waals surface area (Å²) in [5, 5.41) is 0. The fourth-order valence-corrected chi connectivity index (χ4v) is 1.92. The molecule has 1 fully saturated rings. The van der Waals surface area contributed by atoms with Crippen LogP contribution in [0.3, 0.4) is 0 Å². The highest BCUT2D eigenvalue weighted by Crippen LogP contribution is 2.24. The van der Waals surface area contributed by atoms with Gasteiger partial charge in [-0.15, -0.1) is 0 Å². The first-order valence-electron chi connectivity index (χ1n) is 7.33. The van der Waals surface area contributed by atoms with Gasteiger partial charge in [0.05, 0.1) is 6.61 Å². The van der Waals surface area contributed by atoms with Gasteiger partial charge in [-0.2, -0.15) is 0 Å². The normalized spacial score (nSPS) is 15.4. The van der Waals surface area contributed by atoms with E-state index in [9.17, 15) is 4.79 Å². The van der Waals surface area contributed by atoms with E-state index in [1.54, 1.807) is 0 Å². The molecule has 0 amide bonds. The van der Waals surface area contributed by atoms with Crippen molar-refractivity contribution in [3.63, 3.8) is 0 Å². The molecule has 0 atom stereocenters. The maximum atomic E-state index is 11.1. The number of carbonyl (C=O) groups excluding carboxylic acids is 1. The van der Waals surface area contributed by atoms with Gasteiger partial charge in [0.2, 0.25) is 0 Å². The van der Waals surface area contributed by atoms with Crippen LogP contribution in [0.25, 0.3) is 0 Å². The van der Waals surface area contributed by atoms with Gasteiger partial charge < -0.3 is 15.4 Å². The van der Waals surface area contributed by atoms with Crippen molar-refractivity contribution in [3.8, 4) is 0 Å². The van der Waals surface area contributed by atoms with Crippen LogP contribution >= 0.6 is 0 Å². The minimum atomic E-state index is -0.0872. The van der Waals surface area contributed by atoms with Crippen LogP contribution in [-0.4, -0.2) is 43.1 Å². The Kier molecular flexibility index (Phi) is 7.30. The van der Waals surface area contributed by atoms with Crippen LogP contribution in [0.15, 0.2) is 4.99 Å². The van der Waals surface area contributed by atoms with Crippen LogP contribution < -0.4 is 5.73 Å². The molecule has 0 aliphatic heterocycles. The van der Waals surface area contributed by atoms with Crippen molar-refractivity contribution >= 4 is 11.9 Å². The van der Waals surface area contributed by atoms with E-state index in [1.165, 1.54) is 12.8 Å². The predicted octanol–water partition coefficient (Wildman–Crippen LogP) is 1.91. The zero-order valence-corrected chi connectivity index (χ0v) is 12.2. The molecule has 0 aromatic rings. The highest BCUT2D eigenvalue weighted by molar-refractivity contribution is 5.78. The van der Waals surface area contributed by atoms with Crippen molar-refractivity contribution in [1.29, 1.82) is 0 Å². The number of hydrogen-bond donors (Lipinski definition) is 1. The third kappa shape index (κ3) is 7.03. The fraction of sp³-hybridized carbons (Fsp3) is 0.857. The Labute approximate surface area is 116 Å². The molecule has 0 unspecified atom stereocenters. The zero-order chi connectivity index (χ0) is 14.1. The zero-order valence-electron chi connectivity index (χ0n) is 12.2. The number of guanidine groups is 1. The van der Waals surface area contributed by atoms with Crippen molar-refractivity contribution in [1.82, 2.24) is 4.90 Å². The summed E-state index contributed by atoms with van der Waals surface area (Å²) in [6.45, 7) is 3.09. The van der Waals surface area contributed by atoms with Gasteiger partial charge in [0, 0.05) is 26.1 Å². The molecule has 0 aromatic carbocycles. The van der Waals surface area contributed by atoms with E-state index >= 15 is 0 Å². The van der Waals surface area contributed by atoms with Crippen LogP contribution in [0.2, 0.25) is 0 Å². The average Bonchev–Trinajstić information content (AvgIpc) is 3.21. The molecule has 0 radical (unpaired) electrons. The summed E-state index contributed by atoms with van der Waals surface area (Å²) in [5.41, 5.74) is 5.89. The molecule has 1 aliphatic rings. The Hall–Kier alpha value is -1.26. The summed E-state index contributed by atoms with van der Waals surface area (Å²) < 4.78 is 4.87. The summed E-state index contributed by atoms with van der Waals surface area (Å²) >= 11 is 0. The van der Waals surface area contributed by atoms with Crippen molar-refractivity contribution in [2.45, 2.75) is 57.9 Å². The van der Waals surface area contributed by atoms with Gasteiger partial charge >= 0.3 is 5.97 Å². The van der Waals surface area contributed by atoms with Gasteiger partial charge in [0.1, 0.15) is 0 Å². The highest BCUT2D eigenvalue weighted by Gasteiger charge is 2.27. The van der Waals surface area contributed by atoms with Crippen molar-refractivity contribution in [3.05, 3.63) is 0 Å². The van der Waals surface area contributed by atoms with Crippen molar-refractivity contribution in [2.24, 2.45) is 10.7 Å². The summed E-state index contributed by atoms with van der Waals surface area (Å²) in [4.78, 5) is 17.5.